The lowest BCUT2D eigenvalue weighted by Crippen LogP contribution is -2.04. The van der Waals surface area contributed by atoms with Gasteiger partial charge in [-0.1, -0.05) is 9.62 Å². The van der Waals surface area contributed by atoms with E-state index in [0.717, 1.165) is 41.3 Å². The molecule has 8 heteroatoms. The van der Waals surface area contributed by atoms with Crippen molar-refractivity contribution in [2.45, 2.75) is 25.5 Å². The second-order valence-electron chi connectivity index (χ2n) is 6.82. The number of allylic oxidation sites excluding steroid dienone is 1. The summed E-state index contributed by atoms with van der Waals surface area (Å²) in [7, 11) is -0.0719. The summed E-state index contributed by atoms with van der Waals surface area (Å²) in [4.78, 5) is 8.85. The van der Waals surface area contributed by atoms with Gasteiger partial charge >= 0.3 is 0 Å². The summed E-state index contributed by atoms with van der Waals surface area (Å²) in [6.07, 6.45) is 7.32. The van der Waals surface area contributed by atoms with Crippen LogP contribution in [0.2, 0.25) is 0 Å². The van der Waals surface area contributed by atoms with Crippen LogP contribution >= 0.6 is 0 Å². The van der Waals surface area contributed by atoms with Crippen LogP contribution in [0.15, 0.2) is 40.6 Å². The summed E-state index contributed by atoms with van der Waals surface area (Å²) in [5.41, 5.74) is 2.63. The Balaban J connectivity index is 1.97. The van der Waals surface area contributed by atoms with Gasteiger partial charge in [0.1, 0.15) is 5.75 Å². The minimum Gasteiger partial charge on any atom is -0.498 e. The average molecular weight is 402 g/mol. The first-order valence-electron chi connectivity index (χ1n) is 9.23. The van der Waals surface area contributed by atoms with Crippen molar-refractivity contribution in [2.75, 3.05) is 31.8 Å². The van der Waals surface area contributed by atoms with Gasteiger partial charge in [0.2, 0.25) is 5.95 Å². The van der Waals surface area contributed by atoms with Crippen molar-refractivity contribution in [1.29, 1.82) is 4.78 Å². The van der Waals surface area contributed by atoms with Crippen molar-refractivity contribution in [3.05, 3.63) is 47.5 Å². The monoisotopic (exact) mass is 401 g/mol. The van der Waals surface area contributed by atoms with Crippen LogP contribution in [0, 0.1) is 4.78 Å². The maximum atomic E-state index is 8.36. The van der Waals surface area contributed by atoms with Crippen molar-refractivity contribution in [2.24, 2.45) is 4.36 Å². The molecule has 2 N–H and O–H groups in total. The number of anilines is 2. The maximum absolute atomic E-state index is 8.36. The molecule has 1 unspecified atom stereocenters. The predicted octanol–water partition coefficient (Wildman–Crippen LogP) is 4.63. The highest BCUT2D eigenvalue weighted by molar-refractivity contribution is 7.93. The highest BCUT2D eigenvalue weighted by atomic mass is 32.2. The molecule has 0 fully saturated rings. The lowest BCUT2D eigenvalue weighted by molar-refractivity contribution is 0.200. The van der Waals surface area contributed by atoms with Crippen LogP contribution in [0.5, 0.6) is 5.75 Å². The third-order valence-corrected chi connectivity index (χ3v) is 5.94. The average Bonchev–Trinajstić information content (AvgIpc) is 2.64. The quantitative estimate of drug-likeness (QED) is 0.765. The Hall–Kier alpha value is -2.61. The minimum absolute atomic E-state index is 0.501. The second kappa shape index (κ2) is 9.05. The van der Waals surface area contributed by atoms with Gasteiger partial charge in [-0.05, 0) is 43.5 Å². The van der Waals surface area contributed by atoms with Crippen molar-refractivity contribution >= 4 is 27.3 Å². The predicted molar refractivity (Wildman–Crippen MR) is 114 cm³/mol. The number of hydrogen-bond donors (Lipinski definition) is 2. The zero-order valence-corrected chi connectivity index (χ0v) is 17.4. The standard InChI is InChI=1S/C20H27N5O2S/c1-15-10-17-6-7-23-20(24-17)25-18-11-16(14-28(3,21)22-2)12-19(13-18)27-9-5-4-8-26-15/h6-7,10-13,21H,4-5,8-9,14H2,1-3H3,(H,23,24,25)/b15-10-. The SMILES string of the molecule is CN=S(C)(=N)Cc1cc2cc(c1)OCCCCO/C(C)=C\c1ccnc(n1)N2. The number of fused-ring (bicyclic) bond motifs is 4. The lowest BCUT2D eigenvalue weighted by atomic mass is 10.2. The van der Waals surface area contributed by atoms with Crippen molar-refractivity contribution in [3.8, 4) is 5.75 Å². The molecule has 1 aromatic carbocycles. The first-order chi connectivity index (χ1) is 13.4. The molecule has 7 nitrogen and oxygen atoms in total. The molecule has 0 saturated heterocycles. The van der Waals surface area contributed by atoms with Gasteiger partial charge < -0.3 is 14.8 Å². The van der Waals surface area contributed by atoms with Crippen LogP contribution < -0.4 is 10.1 Å². The summed E-state index contributed by atoms with van der Waals surface area (Å²) in [6.45, 7) is 3.19. The molecular formula is C20H27N5O2S. The molecule has 0 aliphatic carbocycles. The maximum Gasteiger partial charge on any atom is 0.227 e. The number of benzene rings is 1. The summed E-state index contributed by atoms with van der Waals surface area (Å²) < 4.78 is 24.3. The normalized spacial score (nSPS) is 18.6. The number of nitrogens with one attached hydrogen (secondary N) is 2. The number of ether oxygens (including phenoxy) is 2. The molecule has 1 aromatic heterocycles. The van der Waals surface area contributed by atoms with Crippen LogP contribution in [0.3, 0.4) is 0 Å². The van der Waals surface area contributed by atoms with Gasteiger partial charge in [-0.15, -0.1) is 0 Å². The fourth-order valence-corrected chi connectivity index (χ4v) is 3.75. The van der Waals surface area contributed by atoms with Crippen LogP contribution in [0.25, 0.3) is 6.08 Å². The molecule has 4 bridgehead atoms. The topological polar surface area (TPSA) is 92.5 Å². The number of nitrogens with zero attached hydrogens (tertiary/aromatic N) is 3. The summed E-state index contributed by atoms with van der Waals surface area (Å²) in [6, 6.07) is 7.79. The fraction of sp³-hybridized carbons (Fsp3) is 0.400. The van der Waals surface area contributed by atoms with E-state index in [4.69, 9.17) is 14.3 Å². The van der Waals surface area contributed by atoms with Crippen molar-refractivity contribution in [1.82, 2.24) is 9.97 Å². The summed E-state index contributed by atoms with van der Waals surface area (Å²) in [5, 5.41) is 3.26. The second-order valence-corrected chi connectivity index (χ2v) is 9.56. The van der Waals surface area contributed by atoms with Gasteiger partial charge in [-0.25, -0.2) is 9.97 Å². The van der Waals surface area contributed by atoms with E-state index < -0.39 is 9.62 Å². The van der Waals surface area contributed by atoms with E-state index in [1.165, 1.54) is 0 Å². The third-order valence-electron chi connectivity index (χ3n) is 4.24. The first-order valence-corrected chi connectivity index (χ1v) is 11.4. The van der Waals surface area contributed by atoms with E-state index >= 15 is 0 Å². The Kier molecular flexibility index (Phi) is 6.51. The molecule has 3 rings (SSSR count). The van der Waals surface area contributed by atoms with E-state index in [9.17, 15) is 0 Å². The zero-order valence-electron chi connectivity index (χ0n) is 16.6. The Morgan fingerprint density at radius 3 is 2.79 bits per heavy atom. The number of hydrogen-bond acceptors (Lipinski definition) is 7. The van der Waals surface area contributed by atoms with Crippen LogP contribution in [0.1, 0.15) is 31.0 Å². The van der Waals surface area contributed by atoms with Crippen molar-refractivity contribution in [3.63, 3.8) is 0 Å². The van der Waals surface area contributed by atoms with Gasteiger partial charge in [0.05, 0.1) is 24.7 Å². The smallest absolute Gasteiger partial charge is 0.227 e. The first kappa shape index (κ1) is 20.1. The molecule has 1 aliphatic rings. The highest BCUT2D eigenvalue weighted by Crippen LogP contribution is 2.25. The minimum atomic E-state index is -1.78. The third kappa shape index (κ3) is 5.95. The van der Waals surface area contributed by atoms with Crippen molar-refractivity contribution < 1.29 is 9.47 Å². The molecule has 28 heavy (non-hydrogen) atoms. The molecule has 0 radical (unpaired) electrons. The van der Waals surface area contributed by atoms with Crippen LogP contribution in [-0.4, -0.2) is 36.5 Å². The lowest BCUT2D eigenvalue weighted by Gasteiger charge is -2.14. The van der Waals surface area contributed by atoms with E-state index in [-0.39, 0.29) is 0 Å². The number of aromatic nitrogens is 2. The number of rotatable bonds is 2. The molecule has 150 valence electrons. The van der Waals surface area contributed by atoms with Gasteiger partial charge in [0.15, 0.2) is 0 Å². The summed E-state index contributed by atoms with van der Waals surface area (Å²) in [5.74, 6) is 2.67. The Labute approximate surface area is 166 Å². The molecule has 2 heterocycles. The largest absolute Gasteiger partial charge is 0.498 e. The van der Waals surface area contributed by atoms with Gasteiger partial charge in [-0.2, -0.15) is 0 Å². The molecule has 0 saturated carbocycles. The van der Waals surface area contributed by atoms with Crippen LogP contribution in [0.4, 0.5) is 11.6 Å². The Bertz CT molecular complexity index is 980. The molecular weight excluding hydrogens is 374 g/mol. The van der Waals surface area contributed by atoms with Gasteiger partial charge in [0.25, 0.3) is 0 Å². The van der Waals surface area contributed by atoms with E-state index in [1.807, 2.05) is 43.5 Å². The molecule has 1 aliphatic heterocycles. The Morgan fingerprint density at radius 2 is 2.00 bits per heavy atom. The van der Waals surface area contributed by atoms with Crippen LogP contribution in [-0.2, 0) is 20.1 Å². The van der Waals surface area contributed by atoms with E-state index in [1.54, 1.807) is 13.2 Å². The Morgan fingerprint density at radius 1 is 1.21 bits per heavy atom. The molecule has 0 amide bonds. The summed E-state index contributed by atoms with van der Waals surface area (Å²) >= 11 is 0. The molecule has 2 aromatic rings. The van der Waals surface area contributed by atoms with E-state index in [0.29, 0.717) is 24.9 Å². The molecule has 1 atom stereocenters. The van der Waals surface area contributed by atoms with E-state index in [2.05, 4.69) is 19.6 Å². The van der Waals surface area contributed by atoms with Gasteiger partial charge in [-0.3, -0.25) is 9.14 Å². The fourth-order valence-electron chi connectivity index (χ4n) is 2.81. The van der Waals surface area contributed by atoms with Gasteiger partial charge in [0, 0.05) is 43.1 Å². The molecule has 0 spiro atoms. The highest BCUT2D eigenvalue weighted by Gasteiger charge is 2.08. The zero-order chi connectivity index (χ0) is 20.0.